The minimum Gasteiger partial charge on any atom is -0.490 e. The van der Waals surface area contributed by atoms with E-state index < -0.39 is 0 Å². The van der Waals surface area contributed by atoms with Gasteiger partial charge in [0.05, 0.1) is 18.8 Å². The molecule has 1 aliphatic heterocycles. The van der Waals surface area contributed by atoms with Gasteiger partial charge < -0.3 is 29.3 Å². The minimum atomic E-state index is -0.0263. The Hall–Kier alpha value is -1.52. The van der Waals surface area contributed by atoms with E-state index in [-0.39, 0.29) is 30.0 Å². The standard InChI is InChI=1S/C22H33N3O4.HI/c1-4-27-19-8-5-7-17-15-20(29-21(17)19)16(2)25-22(23-3)24-11-6-12-28-18-9-13-26-14-10-18;/h5,7-8,15-16,18H,4,6,9-14H2,1-3H3,(H2,23,24,25);1H. The Bertz CT molecular complexity index is 790. The first-order chi connectivity index (χ1) is 14.2. The number of rotatable bonds is 9. The lowest BCUT2D eigenvalue weighted by molar-refractivity contribution is -0.0320. The predicted molar refractivity (Wildman–Crippen MR) is 130 cm³/mol. The van der Waals surface area contributed by atoms with E-state index in [4.69, 9.17) is 18.6 Å². The lowest BCUT2D eigenvalue weighted by Gasteiger charge is -2.22. The SMILES string of the molecule is CCOc1cccc2cc(C(C)NC(=NC)NCCCOC3CCOCC3)oc12.I. The summed E-state index contributed by atoms with van der Waals surface area (Å²) in [5.41, 5.74) is 0.784. The first-order valence-electron chi connectivity index (χ1n) is 10.5. The molecule has 1 atom stereocenters. The number of furan rings is 1. The van der Waals surface area contributed by atoms with Crippen LogP contribution >= 0.6 is 24.0 Å². The van der Waals surface area contributed by atoms with Crippen molar-refractivity contribution in [2.24, 2.45) is 4.99 Å². The van der Waals surface area contributed by atoms with Gasteiger partial charge in [-0.1, -0.05) is 12.1 Å². The Kier molecular flexibility index (Phi) is 10.7. The second-order valence-electron chi connectivity index (χ2n) is 7.16. The Labute approximate surface area is 195 Å². The maximum atomic E-state index is 6.07. The molecule has 3 rings (SSSR count). The third-order valence-electron chi connectivity index (χ3n) is 4.97. The summed E-state index contributed by atoms with van der Waals surface area (Å²) in [7, 11) is 1.77. The average molecular weight is 531 g/mol. The summed E-state index contributed by atoms with van der Waals surface area (Å²) in [6.07, 6.45) is 3.26. The van der Waals surface area contributed by atoms with Crippen LogP contribution in [-0.4, -0.2) is 52.1 Å². The lowest BCUT2D eigenvalue weighted by atomic mass is 10.1. The number of nitrogens with zero attached hydrogens (tertiary/aromatic N) is 1. The molecular weight excluding hydrogens is 497 g/mol. The number of halogens is 1. The zero-order valence-corrected chi connectivity index (χ0v) is 20.4. The van der Waals surface area contributed by atoms with Gasteiger partial charge in [-0.3, -0.25) is 4.99 Å². The highest BCUT2D eigenvalue weighted by Gasteiger charge is 2.16. The van der Waals surface area contributed by atoms with Gasteiger partial charge in [0, 0.05) is 38.8 Å². The third-order valence-corrected chi connectivity index (χ3v) is 4.97. The number of nitrogens with one attached hydrogen (secondary N) is 2. The molecule has 8 heteroatoms. The number of fused-ring (bicyclic) bond motifs is 1. The van der Waals surface area contributed by atoms with Crippen LogP contribution in [0.15, 0.2) is 33.7 Å². The number of hydrogen-bond acceptors (Lipinski definition) is 5. The molecule has 0 spiro atoms. The molecule has 0 amide bonds. The van der Waals surface area contributed by atoms with Gasteiger partial charge in [0.15, 0.2) is 17.3 Å². The van der Waals surface area contributed by atoms with E-state index in [0.29, 0.717) is 12.7 Å². The van der Waals surface area contributed by atoms with Crippen LogP contribution in [-0.2, 0) is 9.47 Å². The zero-order chi connectivity index (χ0) is 20.5. The second kappa shape index (κ2) is 13.0. The molecule has 0 radical (unpaired) electrons. The number of aliphatic imine (C=N–C) groups is 1. The molecule has 1 saturated heterocycles. The fourth-order valence-electron chi connectivity index (χ4n) is 3.38. The van der Waals surface area contributed by atoms with E-state index >= 15 is 0 Å². The van der Waals surface area contributed by atoms with Crippen LogP contribution in [0.25, 0.3) is 11.0 Å². The molecule has 0 aliphatic carbocycles. The number of guanidine groups is 1. The summed E-state index contributed by atoms with van der Waals surface area (Å²) in [6.45, 7) is 7.79. The first-order valence-corrected chi connectivity index (χ1v) is 10.5. The first kappa shape index (κ1) is 24.7. The van der Waals surface area contributed by atoms with Crippen molar-refractivity contribution in [1.29, 1.82) is 0 Å². The second-order valence-corrected chi connectivity index (χ2v) is 7.16. The number of hydrogen-bond donors (Lipinski definition) is 2. The Morgan fingerprint density at radius 1 is 1.30 bits per heavy atom. The van der Waals surface area contributed by atoms with Crippen molar-refractivity contribution in [3.8, 4) is 5.75 Å². The highest BCUT2D eigenvalue weighted by Crippen LogP contribution is 2.31. The molecule has 0 bridgehead atoms. The van der Waals surface area contributed by atoms with Gasteiger partial charge in [-0.15, -0.1) is 24.0 Å². The summed E-state index contributed by atoms with van der Waals surface area (Å²) in [5.74, 6) is 2.36. The molecular formula is C22H34IN3O4. The monoisotopic (exact) mass is 531 g/mol. The molecule has 1 aromatic carbocycles. The highest BCUT2D eigenvalue weighted by atomic mass is 127. The van der Waals surface area contributed by atoms with Gasteiger partial charge in [0.25, 0.3) is 0 Å². The van der Waals surface area contributed by atoms with E-state index in [2.05, 4.69) is 22.5 Å². The molecule has 168 valence electrons. The van der Waals surface area contributed by atoms with Crippen LogP contribution in [0.4, 0.5) is 0 Å². The van der Waals surface area contributed by atoms with Crippen molar-refractivity contribution in [2.45, 2.75) is 45.3 Å². The molecule has 1 aromatic heterocycles. The van der Waals surface area contributed by atoms with Crippen LogP contribution in [0.1, 0.15) is 44.9 Å². The Morgan fingerprint density at radius 3 is 2.83 bits per heavy atom. The Balaban J connectivity index is 0.00000320. The highest BCUT2D eigenvalue weighted by molar-refractivity contribution is 14.0. The molecule has 0 saturated carbocycles. The number of ether oxygens (including phenoxy) is 3. The molecule has 2 heterocycles. The van der Waals surface area contributed by atoms with Crippen molar-refractivity contribution < 1.29 is 18.6 Å². The van der Waals surface area contributed by atoms with E-state index in [9.17, 15) is 0 Å². The van der Waals surface area contributed by atoms with Gasteiger partial charge in [0.1, 0.15) is 5.76 Å². The van der Waals surface area contributed by atoms with Crippen LogP contribution in [0, 0.1) is 0 Å². The van der Waals surface area contributed by atoms with Crippen molar-refractivity contribution in [3.63, 3.8) is 0 Å². The van der Waals surface area contributed by atoms with Crippen LogP contribution < -0.4 is 15.4 Å². The fourth-order valence-corrected chi connectivity index (χ4v) is 3.38. The molecule has 1 unspecified atom stereocenters. The zero-order valence-electron chi connectivity index (χ0n) is 18.1. The van der Waals surface area contributed by atoms with Crippen LogP contribution in [0.2, 0.25) is 0 Å². The normalized spacial score (nSPS) is 16.2. The maximum absolute atomic E-state index is 6.07. The van der Waals surface area contributed by atoms with Crippen molar-refractivity contribution in [2.75, 3.05) is 40.0 Å². The summed E-state index contributed by atoms with van der Waals surface area (Å²) in [4.78, 5) is 4.31. The summed E-state index contributed by atoms with van der Waals surface area (Å²) >= 11 is 0. The van der Waals surface area contributed by atoms with Gasteiger partial charge >= 0.3 is 0 Å². The Morgan fingerprint density at radius 2 is 2.10 bits per heavy atom. The molecule has 2 aromatic rings. The van der Waals surface area contributed by atoms with Gasteiger partial charge in [-0.05, 0) is 45.2 Å². The topological polar surface area (TPSA) is 77.2 Å². The minimum absolute atomic E-state index is 0. The molecule has 1 aliphatic rings. The van der Waals surface area contributed by atoms with Gasteiger partial charge in [-0.25, -0.2) is 0 Å². The van der Waals surface area contributed by atoms with E-state index in [1.807, 2.05) is 31.2 Å². The number of para-hydroxylation sites is 1. The van der Waals surface area contributed by atoms with Crippen molar-refractivity contribution in [1.82, 2.24) is 10.6 Å². The van der Waals surface area contributed by atoms with E-state index in [0.717, 1.165) is 74.1 Å². The summed E-state index contributed by atoms with van der Waals surface area (Å²) < 4.78 is 23.0. The van der Waals surface area contributed by atoms with Gasteiger partial charge in [0.2, 0.25) is 0 Å². The predicted octanol–water partition coefficient (Wildman–Crippen LogP) is 4.26. The molecule has 2 N–H and O–H groups in total. The quantitative estimate of drug-likeness (QED) is 0.218. The average Bonchev–Trinajstić information content (AvgIpc) is 3.19. The fraction of sp³-hybridized carbons (Fsp3) is 0.591. The van der Waals surface area contributed by atoms with E-state index in [1.165, 1.54) is 0 Å². The molecule has 7 nitrogen and oxygen atoms in total. The van der Waals surface area contributed by atoms with E-state index in [1.54, 1.807) is 7.05 Å². The molecule has 30 heavy (non-hydrogen) atoms. The number of benzene rings is 1. The van der Waals surface area contributed by atoms with Crippen molar-refractivity contribution in [3.05, 3.63) is 30.0 Å². The van der Waals surface area contributed by atoms with Crippen molar-refractivity contribution >= 4 is 40.9 Å². The maximum Gasteiger partial charge on any atom is 0.191 e. The largest absolute Gasteiger partial charge is 0.490 e. The smallest absolute Gasteiger partial charge is 0.191 e. The van der Waals surface area contributed by atoms with Gasteiger partial charge in [-0.2, -0.15) is 0 Å². The lowest BCUT2D eigenvalue weighted by Crippen LogP contribution is -2.39. The summed E-state index contributed by atoms with van der Waals surface area (Å²) in [5, 5.41) is 7.76. The van der Waals surface area contributed by atoms with Crippen LogP contribution in [0.3, 0.4) is 0 Å². The van der Waals surface area contributed by atoms with Crippen LogP contribution in [0.5, 0.6) is 5.75 Å². The molecule has 1 fully saturated rings. The third kappa shape index (κ3) is 7.02. The summed E-state index contributed by atoms with van der Waals surface area (Å²) in [6, 6.07) is 7.96.